The van der Waals surface area contributed by atoms with Crippen molar-refractivity contribution in [3.05, 3.63) is 77.0 Å². The van der Waals surface area contributed by atoms with Crippen molar-refractivity contribution in [1.29, 1.82) is 0 Å². The van der Waals surface area contributed by atoms with Gasteiger partial charge in [0.05, 0.1) is 6.10 Å². The first-order chi connectivity index (χ1) is 16.1. The fourth-order valence-electron chi connectivity index (χ4n) is 4.93. The highest BCUT2D eigenvalue weighted by Crippen LogP contribution is 2.48. The molecule has 2 atom stereocenters. The number of nitrogens with zero attached hydrogens (tertiary/aromatic N) is 1. The van der Waals surface area contributed by atoms with Crippen LogP contribution in [0, 0.1) is 11.3 Å². The molecule has 2 unspecified atom stereocenters. The van der Waals surface area contributed by atoms with Gasteiger partial charge in [-0.05, 0) is 55.9 Å². The maximum atomic E-state index is 13.3. The molecule has 0 bridgehead atoms. The molecule has 0 amide bonds. The summed E-state index contributed by atoms with van der Waals surface area (Å²) >= 11 is 0. The third-order valence-electron chi connectivity index (χ3n) is 6.40. The number of esters is 1. The zero-order valence-electron chi connectivity index (χ0n) is 20.6. The van der Waals surface area contributed by atoms with Crippen molar-refractivity contribution in [2.24, 2.45) is 16.3 Å². The van der Waals surface area contributed by atoms with Crippen molar-refractivity contribution in [3.8, 4) is 5.75 Å². The van der Waals surface area contributed by atoms with Gasteiger partial charge in [0.25, 0.3) is 0 Å². The lowest BCUT2D eigenvalue weighted by Crippen LogP contribution is -2.40. The molecule has 0 spiro atoms. The van der Waals surface area contributed by atoms with Gasteiger partial charge in [0.15, 0.2) is 5.78 Å². The summed E-state index contributed by atoms with van der Waals surface area (Å²) < 4.78 is 11.5. The number of benzene rings is 2. The molecular weight excluding hydrogens is 426 g/mol. The van der Waals surface area contributed by atoms with Gasteiger partial charge in [-0.1, -0.05) is 56.3 Å². The average Bonchev–Trinajstić information content (AvgIpc) is 2.76. The molecule has 0 saturated heterocycles. The summed E-state index contributed by atoms with van der Waals surface area (Å²) in [5.41, 5.74) is 4.00. The van der Waals surface area contributed by atoms with Gasteiger partial charge in [0.2, 0.25) is 0 Å². The smallest absolute Gasteiger partial charge is 0.315 e. The van der Waals surface area contributed by atoms with Crippen LogP contribution in [0.1, 0.15) is 64.5 Å². The van der Waals surface area contributed by atoms with E-state index in [1.807, 2.05) is 75.4 Å². The van der Waals surface area contributed by atoms with Crippen molar-refractivity contribution < 1.29 is 19.1 Å². The van der Waals surface area contributed by atoms with E-state index in [0.717, 1.165) is 22.6 Å². The number of rotatable bonds is 6. The molecule has 0 saturated carbocycles. The zero-order chi connectivity index (χ0) is 24.5. The molecule has 1 aliphatic heterocycles. The topological polar surface area (TPSA) is 65.0 Å². The molecule has 0 aromatic heterocycles. The summed E-state index contributed by atoms with van der Waals surface area (Å²) in [6.45, 7) is 10.2. The van der Waals surface area contributed by atoms with Crippen molar-refractivity contribution in [2.45, 2.75) is 66.1 Å². The van der Waals surface area contributed by atoms with Crippen LogP contribution in [-0.2, 0) is 20.9 Å². The van der Waals surface area contributed by atoms with Gasteiger partial charge >= 0.3 is 5.97 Å². The Morgan fingerprint density at radius 1 is 1.06 bits per heavy atom. The first-order valence-electron chi connectivity index (χ1n) is 11.9. The van der Waals surface area contributed by atoms with Gasteiger partial charge in [0.1, 0.15) is 18.3 Å². The van der Waals surface area contributed by atoms with E-state index in [-0.39, 0.29) is 23.3 Å². The van der Waals surface area contributed by atoms with Gasteiger partial charge < -0.3 is 9.47 Å². The molecule has 2 aliphatic rings. The normalized spacial score (nSPS) is 21.7. The number of aliphatic imine (C=N–C) groups is 1. The number of allylic oxidation sites excluding steroid dienone is 2. The third-order valence-corrected chi connectivity index (χ3v) is 6.40. The van der Waals surface area contributed by atoms with Crippen molar-refractivity contribution in [2.75, 3.05) is 0 Å². The van der Waals surface area contributed by atoms with E-state index in [2.05, 4.69) is 13.8 Å². The van der Waals surface area contributed by atoms with Gasteiger partial charge in [0, 0.05) is 29.3 Å². The third kappa shape index (κ3) is 5.14. The average molecular weight is 460 g/mol. The Labute approximate surface area is 201 Å². The predicted octanol–water partition coefficient (Wildman–Crippen LogP) is 6.03. The molecule has 5 nitrogen and oxygen atoms in total. The van der Waals surface area contributed by atoms with Crippen LogP contribution in [0.4, 0.5) is 0 Å². The largest absolute Gasteiger partial charge is 0.489 e. The zero-order valence-corrected chi connectivity index (χ0v) is 20.6. The van der Waals surface area contributed by atoms with Crippen molar-refractivity contribution in [3.63, 3.8) is 0 Å². The molecule has 0 N–H and O–H groups in total. The number of ether oxygens (including phenoxy) is 2. The second kappa shape index (κ2) is 9.57. The quantitative estimate of drug-likeness (QED) is 0.495. The Morgan fingerprint density at radius 2 is 1.74 bits per heavy atom. The molecule has 1 heterocycles. The number of hydrogen-bond donors (Lipinski definition) is 0. The molecule has 178 valence electrons. The first kappa shape index (κ1) is 23.9. The van der Waals surface area contributed by atoms with Gasteiger partial charge in [-0.2, -0.15) is 0 Å². The number of carbonyl (C=O) groups is 2. The maximum absolute atomic E-state index is 13.3. The highest BCUT2D eigenvalue weighted by Gasteiger charge is 2.46. The van der Waals surface area contributed by atoms with Gasteiger partial charge in [-0.25, -0.2) is 0 Å². The summed E-state index contributed by atoms with van der Waals surface area (Å²) in [5.74, 6) is -0.567. The lowest BCUT2D eigenvalue weighted by Gasteiger charge is -2.39. The van der Waals surface area contributed by atoms with E-state index in [4.69, 9.17) is 14.5 Å². The predicted molar refractivity (Wildman–Crippen MR) is 133 cm³/mol. The lowest BCUT2D eigenvalue weighted by molar-refractivity contribution is -0.150. The van der Waals surface area contributed by atoms with Gasteiger partial charge in [-0.3, -0.25) is 14.6 Å². The van der Waals surface area contributed by atoms with Crippen LogP contribution in [0.15, 0.2) is 70.9 Å². The van der Waals surface area contributed by atoms with Crippen LogP contribution in [0.2, 0.25) is 0 Å². The summed E-state index contributed by atoms with van der Waals surface area (Å²) in [7, 11) is 0. The number of Topliss-reactive ketones (excluding diaryl/α,β-unsaturated/α-hetero) is 1. The summed E-state index contributed by atoms with van der Waals surface area (Å²) in [6, 6.07) is 17.7. The summed E-state index contributed by atoms with van der Waals surface area (Å²) in [5, 5.41) is 0. The molecule has 0 radical (unpaired) electrons. The Bertz CT molecular complexity index is 1130. The highest BCUT2D eigenvalue weighted by molar-refractivity contribution is 6.09. The Morgan fingerprint density at radius 3 is 2.38 bits per heavy atom. The van der Waals surface area contributed by atoms with E-state index < -0.39 is 11.8 Å². The van der Waals surface area contributed by atoms with Crippen LogP contribution < -0.4 is 4.74 Å². The van der Waals surface area contributed by atoms with Crippen molar-refractivity contribution in [1.82, 2.24) is 0 Å². The minimum absolute atomic E-state index is 0.0688. The van der Waals surface area contributed by atoms with Crippen LogP contribution >= 0.6 is 0 Å². The lowest BCUT2D eigenvalue weighted by atomic mass is 9.67. The van der Waals surface area contributed by atoms with Crippen LogP contribution in [-0.4, -0.2) is 23.6 Å². The van der Waals surface area contributed by atoms with Crippen LogP contribution in [0.25, 0.3) is 0 Å². The van der Waals surface area contributed by atoms with E-state index in [0.29, 0.717) is 30.7 Å². The van der Waals surface area contributed by atoms with E-state index in [1.165, 1.54) is 0 Å². The molecule has 34 heavy (non-hydrogen) atoms. The second-order valence-corrected chi connectivity index (χ2v) is 10.3. The Hall–Kier alpha value is -3.21. The van der Waals surface area contributed by atoms with Crippen molar-refractivity contribution >= 4 is 17.5 Å². The standard InChI is InChI=1S/C29H33NO4/c1-18(2)34-28(32)25-19(3)30-23-15-29(4,5)16-24(31)27(23)26(25)21-11-13-22(14-12-21)33-17-20-9-7-6-8-10-20/h6-14,18,25-26H,15-17H2,1-5H3. The van der Waals surface area contributed by atoms with Gasteiger partial charge in [-0.15, -0.1) is 0 Å². The number of ketones is 1. The SMILES string of the molecule is CC1=NC2=C(C(=O)CC(C)(C)C2)C(c2ccc(OCc3ccccc3)cc2)C1C(=O)OC(C)C. The summed E-state index contributed by atoms with van der Waals surface area (Å²) in [4.78, 5) is 31.3. The number of hydrogen-bond acceptors (Lipinski definition) is 5. The molecular formula is C29H33NO4. The first-order valence-corrected chi connectivity index (χ1v) is 11.9. The van der Waals surface area contributed by atoms with E-state index in [9.17, 15) is 9.59 Å². The van der Waals surface area contributed by atoms with Crippen LogP contribution in [0.3, 0.4) is 0 Å². The fraction of sp³-hybridized carbons (Fsp3) is 0.414. The molecule has 4 rings (SSSR count). The fourth-order valence-corrected chi connectivity index (χ4v) is 4.93. The second-order valence-electron chi connectivity index (χ2n) is 10.3. The maximum Gasteiger partial charge on any atom is 0.315 e. The molecule has 2 aromatic rings. The minimum atomic E-state index is -0.623. The Kier molecular flexibility index (Phi) is 6.74. The monoisotopic (exact) mass is 459 g/mol. The van der Waals surface area contributed by atoms with E-state index >= 15 is 0 Å². The molecule has 1 aliphatic carbocycles. The molecule has 5 heteroatoms. The molecule has 2 aromatic carbocycles. The number of carbonyl (C=O) groups excluding carboxylic acids is 2. The summed E-state index contributed by atoms with van der Waals surface area (Å²) in [6.07, 6.45) is 0.916. The minimum Gasteiger partial charge on any atom is -0.489 e. The Balaban J connectivity index is 1.67. The highest BCUT2D eigenvalue weighted by atomic mass is 16.5. The van der Waals surface area contributed by atoms with Crippen LogP contribution in [0.5, 0.6) is 5.75 Å². The van der Waals surface area contributed by atoms with E-state index in [1.54, 1.807) is 0 Å². The molecule has 0 fully saturated rings.